The van der Waals surface area contributed by atoms with Crippen LogP contribution in [-0.2, 0) is 28.6 Å². The average molecular weight is 933 g/mol. The minimum absolute atomic E-state index is 0.0439. The van der Waals surface area contributed by atoms with Crippen molar-refractivity contribution in [1.29, 1.82) is 0 Å². The lowest BCUT2D eigenvalue weighted by molar-refractivity contribution is -0.889. The zero-order valence-electron chi connectivity index (χ0n) is 44.4. The van der Waals surface area contributed by atoms with Gasteiger partial charge < -0.3 is 28.6 Å². The Hall–Kier alpha value is -2.19. The maximum absolute atomic E-state index is 12.8. The zero-order chi connectivity index (χ0) is 48.4. The summed E-state index contributed by atoms with van der Waals surface area (Å²) in [6.07, 6.45) is 57.9. The van der Waals surface area contributed by atoms with Crippen molar-refractivity contribution in [2.24, 2.45) is 0 Å². The number of rotatable bonds is 52. The van der Waals surface area contributed by atoms with Crippen LogP contribution in [0.4, 0.5) is 0 Å². The fraction of sp³-hybridized carbons (Fsp3) is 0.879. The van der Waals surface area contributed by atoms with Crippen LogP contribution >= 0.6 is 0 Å². The van der Waals surface area contributed by atoms with Gasteiger partial charge in [-0.25, -0.2) is 0 Å². The molecule has 0 amide bonds. The molecule has 0 saturated carbocycles. The highest BCUT2D eigenvalue weighted by atomic mass is 16.6. The summed E-state index contributed by atoms with van der Waals surface area (Å²) in [6, 6.07) is -0.725. The van der Waals surface area contributed by atoms with Crippen molar-refractivity contribution in [2.75, 3.05) is 41.0 Å². The zero-order valence-corrected chi connectivity index (χ0v) is 44.4. The van der Waals surface area contributed by atoms with Crippen molar-refractivity contribution >= 4 is 17.9 Å². The second kappa shape index (κ2) is 49.2. The van der Waals surface area contributed by atoms with Crippen molar-refractivity contribution < 1.29 is 38.2 Å². The lowest BCUT2D eigenvalue weighted by Gasteiger charge is -2.34. The number of unbranched alkanes of at least 4 members (excludes halogenated alkanes) is 34. The van der Waals surface area contributed by atoms with Gasteiger partial charge in [-0.15, -0.1) is 0 Å². The fourth-order valence-electron chi connectivity index (χ4n) is 8.69. The van der Waals surface area contributed by atoms with Gasteiger partial charge in [0, 0.05) is 19.3 Å². The van der Waals surface area contributed by atoms with E-state index in [9.17, 15) is 19.5 Å². The quantitative estimate of drug-likeness (QED) is 0.0259. The van der Waals surface area contributed by atoms with Crippen LogP contribution in [0.1, 0.15) is 277 Å². The van der Waals surface area contributed by atoms with Gasteiger partial charge in [-0.05, 0) is 44.9 Å². The first-order chi connectivity index (χ1) is 32.1. The lowest BCUT2D eigenvalue weighted by atomic mass is 10.0. The lowest BCUT2D eigenvalue weighted by Crippen LogP contribution is -2.55. The molecule has 388 valence electrons. The standard InChI is InChI=1S/C58H109NO7/c1-6-8-10-12-14-16-18-20-22-24-26-28-30-32-34-36-38-40-42-44-46-48-56(60)65-53-54(52-64-51-50-55(58(62)63)59(3,4)5)66-57(61)49-47-45-43-41-39-37-35-33-31-29-27-25-23-21-19-17-15-13-11-9-7-2/h19,21,25,27,54-55H,6-18,20,22-24,26,28-53H2,1-5H3/b21-19-,27-25-. The van der Waals surface area contributed by atoms with Crippen LogP contribution in [0, 0.1) is 0 Å². The number of aliphatic carboxylic acids is 1. The third kappa shape index (κ3) is 46.9. The minimum atomic E-state index is -1.12. The molecular formula is C58H109NO7. The van der Waals surface area contributed by atoms with Crippen molar-refractivity contribution in [1.82, 2.24) is 0 Å². The van der Waals surface area contributed by atoms with Crippen LogP contribution in [0.5, 0.6) is 0 Å². The number of carboxylic acid groups (broad SMARTS) is 1. The first-order valence-electron chi connectivity index (χ1n) is 28.4. The molecule has 8 nitrogen and oxygen atoms in total. The van der Waals surface area contributed by atoms with E-state index < -0.39 is 18.1 Å². The maximum atomic E-state index is 12.8. The van der Waals surface area contributed by atoms with E-state index in [1.165, 1.54) is 199 Å². The predicted octanol–water partition coefficient (Wildman–Crippen LogP) is 15.4. The molecule has 0 rings (SSSR count). The largest absolute Gasteiger partial charge is 0.544 e. The molecule has 0 aliphatic carbocycles. The molecule has 0 N–H and O–H groups in total. The topological polar surface area (TPSA) is 102 Å². The first kappa shape index (κ1) is 63.8. The third-order valence-corrected chi connectivity index (χ3v) is 13.1. The molecule has 0 heterocycles. The number of esters is 2. The van der Waals surface area contributed by atoms with Gasteiger partial charge in [0.15, 0.2) is 6.10 Å². The Morgan fingerprint density at radius 1 is 0.455 bits per heavy atom. The number of likely N-dealkylation sites (N-methyl/N-ethyl adjacent to an activating group) is 1. The van der Waals surface area contributed by atoms with Gasteiger partial charge in [-0.2, -0.15) is 0 Å². The number of hydrogen-bond donors (Lipinski definition) is 0. The van der Waals surface area contributed by atoms with Crippen LogP contribution in [0.2, 0.25) is 0 Å². The van der Waals surface area contributed by atoms with Gasteiger partial charge in [0.1, 0.15) is 12.6 Å². The van der Waals surface area contributed by atoms with Crippen LogP contribution in [-0.4, -0.2) is 75.5 Å². The predicted molar refractivity (Wildman–Crippen MR) is 277 cm³/mol. The Morgan fingerprint density at radius 3 is 1.17 bits per heavy atom. The second-order valence-electron chi connectivity index (χ2n) is 20.5. The molecule has 0 aromatic carbocycles. The van der Waals surface area contributed by atoms with E-state index in [4.69, 9.17) is 14.2 Å². The molecule has 0 aliphatic heterocycles. The summed E-state index contributed by atoms with van der Waals surface area (Å²) >= 11 is 0. The summed E-state index contributed by atoms with van der Waals surface area (Å²) < 4.78 is 17.3. The molecule has 0 spiro atoms. The smallest absolute Gasteiger partial charge is 0.306 e. The van der Waals surface area contributed by atoms with E-state index in [0.717, 1.165) is 44.9 Å². The number of quaternary nitrogens is 1. The van der Waals surface area contributed by atoms with Crippen molar-refractivity contribution in [3.63, 3.8) is 0 Å². The van der Waals surface area contributed by atoms with Crippen LogP contribution < -0.4 is 5.11 Å². The van der Waals surface area contributed by atoms with E-state index >= 15 is 0 Å². The fourth-order valence-corrected chi connectivity index (χ4v) is 8.69. The first-order valence-corrected chi connectivity index (χ1v) is 28.4. The Bertz CT molecular complexity index is 1130. The number of carbonyl (C=O) groups excluding carboxylic acids is 3. The average Bonchev–Trinajstić information content (AvgIpc) is 3.28. The molecule has 2 unspecified atom stereocenters. The van der Waals surface area contributed by atoms with Crippen LogP contribution in [0.3, 0.4) is 0 Å². The molecule has 0 fully saturated rings. The Kier molecular flexibility index (Phi) is 47.6. The SMILES string of the molecule is CCCCCCC/C=C\C/C=C\CCCCCCCCCCCC(=O)OC(COCCC(C(=O)[O-])[N+](C)(C)C)COC(=O)CCCCCCCCCCCCCCCCCCCCCCC. The second-order valence-corrected chi connectivity index (χ2v) is 20.5. The van der Waals surface area contributed by atoms with Gasteiger partial charge in [-0.3, -0.25) is 9.59 Å². The van der Waals surface area contributed by atoms with Crippen molar-refractivity contribution in [2.45, 2.75) is 289 Å². The Morgan fingerprint density at radius 2 is 0.803 bits per heavy atom. The number of carbonyl (C=O) groups is 3. The molecule has 66 heavy (non-hydrogen) atoms. The van der Waals surface area contributed by atoms with E-state index in [1.807, 2.05) is 21.1 Å². The molecule has 0 radical (unpaired) electrons. The summed E-state index contributed by atoms with van der Waals surface area (Å²) in [5.41, 5.74) is 0. The monoisotopic (exact) mass is 932 g/mol. The van der Waals surface area contributed by atoms with E-state index in [2.05, 4.69) is 38.2 Å². The van der Waals surface area contributed by atoms with E-state index in [-0.39, 0.29) is 42.7 Å². The highest BCUT2D eigenvalue weighted by Gasteiger charge is 2.25. The Labute approximate surface area is 409 Å². The number of ether oxygens (including phenoxy) is 3. The Balaban J connectivity index is 4.16. The summed E-state index contributed by atoms with van der Waals surface area (Å²) in [4.78, 5) is 37.1. The minimum Gasteiger partial charge on any atom is -0.544 e. The van der Waals surface area contributed by atoms with Gasteiger partial charge in [0.05, 0.1) is 40.3 Å². The molecule has 2 atom stereocenters. The number of nitrogens with zero attached hydrogens (tertiary/aromatic N) is 1. The van der Waals surface area contributed by atoms with Gasteiger partial charge in [0.2, 0.25) is 0 Å². The van der Waals surface area contributed by atoms with Gasteiger partial charge in [-0.1, -0.05) is 237 Å². The third-order valence-electron chi connectivity index (χ3n) is 13.1. The summed E-state index contributed by atoms with van der Waals surface area (Å²) in [7, 11) is 5.43. The summed E-state index contributed by atoms with van der Waals surface area (Å²) in [5.74, 6) is -1.72. The van der Waals surface area contributed by atoms with Crippen molar-refractivity contribution in [3.05, 3.63) is 24.3 Å². The highest BCUT2D eigenvalue weighted by Crippen LogP contribution is 2.17. The van der Waals surface area contributed by atoms with E-state index in [0.29, 0.717) is 12.8 Å². The maximum Gasteiger partial charge on any atom is 0.306 e. The number of hydrogen-bond acceptors (Lipinski definition) is 7. The van der Waals surface area contributed by atoms with Crippen LogP contribution in [0.15, 0.2) is 24.3 Å². The molecule has 0 aromatic rings. The normalized spacial score (nSPS) is 12.9. The number of carboxylic acids is 1. The van der Waals surface area contributed by atoms with Gasteiger partial charge >= 0.3 is 11.9 Å². The molecule has 0 aromatic heterocycles. The molecule has 0 saturated heterocycles. The van der Waals surface area contributed by atoms with Crippen LogP contribution in [0.25, 0.3) is 0 Å². The molecule has 8 heteroatoms. The summed E-state index contributed by atoms with van der Waals surface area (Å²) in [6.45, 7) is 4.70. The highest BCUT2D eigenvalue weighted by molar-refractivity contribution is 5.70. The molecule has 0 aliphatic rings. The van der Waals surface area contributed by atoms with E-state index in [1.54, 1.807) is 0 Å². The van der Waals surface area contributed by atoms with Crippen molar-refractivity contribution in [3.8, 4) is 0 Å². The molecular weight excluding hydrogens is 823 g/mol. The molecule has 0 bridgehead atoms. The number of allylic oxidation sites excluding steroid dienone is 4. The summed E-state index contributed by atoms with van der Waals surface area (Å²) in [5, 5.41) is 11.7. The van der Waals surface area contributed by atoms with Gasteiger partial charge in [0.25, 0.3) is 0 Å².